The minimum Gasteiger partial charge on any atom is -0.483 e. The molecule has 0 bridgehead atoms. The second-order valence-electron chi connectivity index (χ2n) is 8.07. The molecule has 1 aliphatic rings. The summed E-state index contributed by atoms with van der Waals surface area (Å²) < 4.78 is 6.56. The van der Waals surface area contributed by atoms with E-state index in [2.05, 4.69) is 64.3 Å². The molecule has 1 fully saturated rings. The molecule has 0 unspecified atom stereocenters. The zero-order valence-corrected chi connectivity index (χ0v) is 19.0. The number of nitrogens with one attached hydrogen (secondary N) is 1. The molecule has 0 radical (unpaired) electrons. The minimum absolute atomic E-state index is 0.00704. The van der Waals surface area contributed by atoms with Crippen LogP contribution >= 0.6 is 15.9 Å². The van der Waals surface area contributed by atoms with Gasteiger partial charge in [0, 0.05) is 13.1 Å². The molecule has 1 heterocycles. The number of benzene rings is 2. The number of carbonyl (C=O) groups excluding carboxylic acids is 1. The third-order valence-electron chi connectivity index (χ3n) is 5.32. The van der Waals surface area contributed by atoms with Gasteiger partial charge >= 0.3 is 0 Å². The number of hydrogen-bond acceptors (Lipinski definition) is 3. The summed E-state index contributed by atoms with van der Waals surface area (Å²) in [5, 5.41) is 2.96. The fraction of sp³-hybridized carbons (Fsp3) is 0.458. The van der Waals surface area contributed by atoms with Gasteiger partial charge in [-0.2, -0.15) is 0 Å². The number of hydrogen-bond donors (Lipinski definition) is 1. The van der Waals surface area contributed by atoms with Gasteiger partial charge in [-0.3, -0.25) is 9.69 Å². The van der Waals surface area contributed by atoms with Gasteiger partial charge in [-0.25, -0.2) is 0 Å². The Morgan fingerprint density at radius 3 is 2.59 bits per heavy atom. The van der Waals surface area contributed by atoms with Crippen LogP contribution in [0.1, 0.15) is 55.7 Å². The van der Waals surface area contributed by atoms with Crippen LogP contribution in [0.2, 0.25) is 0 Å². The highest BCUT2D eigenvalue weighted by molar-refractivity contribution is 9.10. The highest BCUT2D eigenvalue weighted by Gasteiger charge is 2.11. The van der Waals surface area contributed by atoms with Gasteiger partial charge < -0.3 is 10.1 Å². The largest absolute Gasteiger partial charge is 0.483 e. The summed E-state index contributed by atoms with van der Waals surface area (Å²) in [4.78, 5) is 14.7. The highest BCUT2D eigenvalue weighted by atomic mass is 79.9. The molecule has 1 aliphatic heterocycles. The highest BCUT2D eigenvalue weighted by Crippen LogP contribution is 2.28. The lowest BCUT2D eigenvalue weighted by molar-refractivity contribution is -0.123. The molecular formula is C24H31BrN2O2. The average molecular weight is 459 g/mol. The fourth-order valence-electron chi connectivity index (χ4n) is 3.60. The molecule has 0 aromatic heterocycles. The van der Waals surface area contributed by atoms with E-state index in [1.807, 2.05) is 18.2 Å². The summed E-state index contributed by atoms with van der Waals surface area (Å²) in [5.74, 6) is 1.02. The van der Waals surface area contributed by atoms with E-state index >= 15 is 0 Å². The molecule has 5 heteroatoms. The number of nitrogens with zero attached hydrogens (tertiary/aromatic N) is 1. The van der Waals surface area contributed by atoms with Crippen molar-refractivity contribution in [2.75, 3.05) is 19.7 Å². The van der Waals surface area contributed by atoms with Crippen molar-refractivity contribution < 1.29 is 9.53 Å². The molecule has 1 amide bonds. The van der Waals surface area contributed by atoms with Crippen LogP contribution in [-0.4, -0.2) is 30.5 Å². The second-order valence-corrected chi connectivity index (χ2v) is 8.92. The zero-order valence-electron chi connectivity index (χ0n) is 17.4. The quantitative estimate of drug-likeness (QED) is 0.586. The van der Waals surface area contributed by atoms with Gasteiger partial charge in [-0.15, -0.1) is 0 Å². The average Bonchev–Trinajstić information content (AvgIpc) is 2.72. The van der Waals surface area contributed by atoms with Crippen molar-refractivity contribution in [3.05, 3.63) is 63.6 Å². The Morgan fingerprint density at radius 1 is 1.10 bits per heavy atom. The first-order valence-electron chi connectivity index (χ1n) is 10.5. The Labute approximate surface area is 182 Å². The third kappa shape index (κ3) is 6.86. The van der Waals surface area contributed by atoms with E-state index in [4.69, 9.17) is 4.74 Å². The Bertz CT molecular complexity index is 816. The van der Waals surface area contributed by atoms with E-state index in [9.17, 15) is 4.79 Å². The van der Waals surface area contributed by atoms with Crippen LogP contribution < -0.4 is 10.1 Å². The van der Waals surface area contributed by atoms with Gasteiger partial charge in [0.05, 0.1) is 4.47 Å². The number of halogens is 1. The van der Waals surface area contributed by atoms with Gasteiger partial charge in [0.1, 0.15) is 5.75 Å². The molecule has 3 rings (SSSR count). The maximum Gasteiger partial charge on any atom is 0.258 e. The summed E-state index contributed by atoms with van der Waals surface area (Å²) >= 11 is 3.53. The van der Waals surface area contributed by atoms with E-state index in [0.717, 1.165) is 16.6 Å². The monoisotopic (exact) mass is 458 g/mol. The fourth-order valence-corrected chi connectivity index (χ4v) is 4.11. The van der Waals surface area contributed by atoms with Crippen molar-refractivity contribution in [1.29, 1.82) is 0 Å². The standard InChI is InChI=1S/C24H31BrN2O2/c1-18(2)21-9-10-23(22(25)14-21)29-17-24(28)26-15-19-7-6-8-20(13-19)16-27-11-4-3-5-12-27/h6-10,13-14,18H,3-5,11-12,15-17H2,1-2H3,(H,26,28). The maximum atomic E-state index is 12.2. The molecule has 4 nitrogen and oxygen atoms in total. The summed E-state index contributed by atoms with van der Waals surface area (Å²) in [6, 6.07) is 14.5. The van der Waals surface area contributed by atoms with Gasteiger partial charge in [0.15, 0.2) is 6.61 Å². The predicted octanol–water partition coefficient (Wildman–Crippen LogP) is 5.25. The van der Waals surface area contributed by atoms with Gasteiger partial charge in [0.2, 0.25) is 0 Å². The van der Waals surface area contributed by atoms with Crippen LogP contribution in [0.5, 0.6) is 5.75 Å². The number of amides is 1. The molecule has 0 spiro atoms. The Balaban J connectivity index is 1.46. The Hall–Kier alpha value is -1.85. The molecule has 1 N–H and O–H groups in total. The SMILES string of the molecule is CC(C)c1ccc(OCC(=O)NCc2cccc(CN3CCCCC3)c2)c(Br)c1. The zero-order chi connectivity index (χ0) is 20.6. The van der Waals surface area contributed by atoms with Crippen LogP contribution in [0.3, 0.4) is 0 Å². The summed E-state index contributed by atoms with van der Waals surface area (Å²) in [6.45, 7) is 8.19. The van der Waals surface area contributed by atoms with Crippen molar-refractivity contribution in [3.8, 4) is 5.75 Å². The van der Waals surface area contributed by atoms with E-state index in [0.29, 0.717) is 18.2 Å². The van der Waals surface area contributed by atoms with E-state index < -0.39 is 0 Å². The first-order chi connectivity index (χ1) is 14.0. The van der Waals surface area contributed by atoms with Crippen molar-refractivity contribution in [2.24, 2.45) is 0 Å². The lowest BCUT2D eigenvalue weighted by Crippen LogP contribution is -2.29. The van der Waals surface area contributed by atoms with E-state index in [1.54, 1.807) is 0 Å². The minimum atomic E-state index is -0.119. The number of ether oxygens (including phenoxy) is 1. The molecule has 2 aromatic carbocycles. The van der Waals surface area contributed by atoms with Crippen molar-refractivity contribution in [3.63, 3.8) is 0 Å². The summed E-state index contributed by atoms with van der Waals surface area (Å²) in [5.41, 5.74) is 3.66. The first-order valence-corrected chi connectivity index (χ1v) is 11.3. The second kappa shape index (κ2) is 10.8. The topological polar surface area (TPSA) is 41.6 Å². The van der Waals surface area contributed by atoms with Crippen molar-refractivity contribution in [1.82, 2.24) is 10.2 Å². The molecular weight excluding hydrogens is 428 g/mol. The molecule has 1 saturated heterocycles. The third-order valence-corrected chi connectivity index (χ3v) is 5.94. The van der Waals surface area contributed by atoms with Crippen LogP contribution in [0.4, 0.5) is 0 Å². The molecule has 0 saturated carbocycles. The molecule has 2 aromatic rings. The van der Waals surface area contributed by atoms with Gasteiger partial charge in [-0.05, 0) is 76.6 Å². The Kier molecular flexibility index (Phi) is 8.13. The predicted molar refractivity (Wildman–Crippen MR) is 121 cm³/mol. The number of likely N-dealkylation sites (tertiary alicyclic amines) is 1. The molecule has 0 aliphatic carbocycles. The van der Waals surface area contributed by atoms with Crippen LogP contribution in [0.15, 0.2) is 46.9 Å². The van der Waals surface area contributed by atoms with E-state index in [-0.39, 0.29) is 12.5 Å². The van der Waals surface area contributed by atoms with Gasteiger partial charge in [0.25, 0.3) is 5.91 Å². The lowest BCUT2D eigenvalue weighted by Gasteiger charge is -2.26. The smallest absolute Gasteiger partial charge is 0.258 e. The van der Waals surface area contributed by atoms with E-state index in [1.165, 1.54) is 43.5 Å². The van der Waals surface area contributed by atoms with Crippen LogP contribution in [0, 0.1) is 0 Å². The number of carbonyl (C=O) groups is 1. The molecule has 0 atom stereocenters. The Morgan fingerprint density at radius 2 is 1.86 bits per heavy atom. The molecule has 156 valence electrons. The van der Waals surface area contributed by atoms with Gasteiger partial charge in [-0.1, -0.05) is 50.6 Å². The lowest BCUT2D eigenvalue weighted by atomic mass is 10.0. The number of rotatable bonds is 8. The van der Waals surface area contributed by atoms with Crippen molar-refractivity contribution >= 4 is 21.8 Å². The van der Waals surface area contributed by atoms with Crippen LogP contribution in [0.25, 0.3) is 0 Å². The van der Waals surface area contributed by atoms with Crippen molar-refractivity contribution in [2.45, 2.75) is 52.1 Å². The van der Waals surface area contributed by atoms with Crippen LogP contribution in [-0.2, 0) is 17.9 Å². The summed E-state index contributed by atoms with van der Waals surface area (Å²) in [6.07, 6.45) is 3.95. The normalized spacial score (nSPS) is 14.8. The number of piperidine rings is 1. The first kappa shape index (κ1) is 21.8. The summed E-state index contributed by atoms with van der Waals surface area (Å²) in [7, 11) is 0. The maximum absolute atomic E-state index is 12.2. The molecule has 29 heavy (non-hydrogen) atoms.